The Morgan fingerprint density at radius 1 is 1.38 bits per heavy atom. The van der Waals surface area contributed by atoms with E-state index in [4.69, 9.17) is 5.90 Å². The summed E-state index contributed by atoms with van der Waals surface area (Å²) in [6, 6.07) is 0. The minimum absolute atomic E-state index is 0.0909. The standard InChI is InChI=1S/C9H20N2O2/c1-2-3-4-7-11-9(12)6-5-8-13-10/h2-8,10H2,1H3,(H,11,12). The smallest absolute Gasteiger partial charge is 0.220 e. The predicted molar refractivity (Wildman–Crippen MR) is 51.9 cm³/mol. The fraction of sp³-hybridized carbons (Fsp3) is 0.889. The second-order valence-corrected chi connectivity index (χ2v) is 3.03. The molecule has 0 spiro atoms. The highest BCUT2D eigenvalue weighted by molar-refractivity contribution is 5.75. The normalized spacial score (nSPS) is 10.0. The molecule has 0 rings (SSSR count). The summed E-state index contributed by atoms with van der Waals surface area (Å²) in [6.45, 7) is 3.37. The zero-order chi connectivity index (χ0) is 9.94. The van der Waals surface area contributed by atoms with Crippen molar-refractivity contribution in [3.05, 3.63) is 0 Å². The van der Waals surface area contributed by atoms with E-state index in [1.165, 1.54) is 12.8 Å². The average Bonchev–Trinajstić information content (AvgIpc) is 2.13. The molecule has 0 unspecified atom stereocenters. The Kier molecular flexibility index (Phi) is 9.03. The molecule has 0 heterocycles. The Bertz CT molecular complexity index is 129. The van der Waals surface area contributed by atoms with Crippen molar-refractivity contribution in [3.8, 4) is 0 Å². The van der Waals surface area contributed by atoms with Crippen LogP contribution in [0.15, 0.2) is 0 Å². The first-order chi connectivity index (χ1) is 6.31. The second kappa shape index (κ2) is 9.48. The molecule has 13 heavy (non-hydrogen) atoms. The minimum atomic E-state index is 0.0909. The highest BCUT2D eigenvalue weighted by atomic mass is 16.6. The van der Waals surface area contributed by atoms with Crippen LogP contribution in [0.5, 0.6) is 0 Å². The van der Waals surface area contributed by atoms with Crippen LogP contribution in [0.2, 0.25) is 0 Å². The summed E-state index contributed by atoms with van der Waals surface area (Å²) in [6.07, 6.45) is 4.61. The molecule has 3 N–H and O–H groups in total. The average molecular weight is 188 g/mol. The molecule has 78 valence electrons. The van der Waals surface area contributed by atoms with Gasteiger partial charge in [-0.15, -0.1) is 0 Å². The number of hydrogen-bond donors (Lipinski definition) is 2. The van der Waals surface area contributed by atoms with E-state index in [1.54, 1.807) is 0 Å². The van der Waals surface area contributed by atoms with Crippen molar-refractivity contribution < 1.29 is 9.63 Å². The summed E-state index contributed by atoms with van der Waals surface area (Å²) in [5, 5.41) is 2.84. The maximum Gasteiger partial charge on any atom is 0.220 e. The minimum Gasteiger partial charge on any atom is -0.356 e. The third kappa shape index (κ3) is 9.30. The highest BCUT2D eigenvalue weighted by Crippen LogP contribution is 1.92. The van der Waals surface area contributed by atoms with E-state index in [9.17, 15) is 4.79 Å². The first-order valence-corrected chi connectivity index (χ1v) is 4.89. The molecular weight excluding hydrogens is 168 g/mol. The van der Waals surface area contributed by atoms with E-state index in [0.29, 0.717) is 19.4 Å². The summed E-state index contributed by atoms with van der Waals surface area (Å²) in [4.78, 5) is 15.4. The van der Waals surface area contributed by atoms with Gasteiger partial charge in [0.15, 0.2) is 0 Å². The zero-order valence-corrected chi connectivity index (χ0v) is 8.34. The topological polar surface area (TPSA) is 64.3 Å². The van der Waals surface area contributed by atoms with Crippen LogP contribution in [-0.4, -0.2) is 19.1 Å². The summed E-state index contributed by atoms with van der Waals surface area (Å²) in [5.74, 6) is 4.91. The molecule has 0 aliphatic rings. The van der Waals surface area contributed by atoms with Gasteiger partial charge in [-0.1, -0.05) is 19.8 Å². The van der Waals surface area contributed by atoms with Gasteiger partial charge in [-0.2, -0.15) is 0 Å². The van der Waals surface area contributed by atoms with Gasteiger partial charge in [-0.05, 0) is 12.8 Å². The van der Waals surface area contributed by atoms with Crippen molar-refractivity contribution in [2.75, 3.05) is 13.2 Å². The van der Waals surface area contributed by atoms with Crippen LogP contribution in [-0.2, 0) is 9.63 Å². The van der Waals surface area contributed by atoms with Gasteiger partial charge in [0, 0.05) is 13.0 Å². The summed E-state index contributed by atoms with van der Waals surface area (Å²) < 4.78 is 0. The fourth-order valence-electron chi connectivity index (χ4n) is 1.01. The maximum absolute atomic E-state index is 11.1. The molecule has 0 saturated carbocycles. The van der Waals surface area contributed by atoms with Crippen LogP contribution < -0.4 is 11.2 Å². The van der Waals surface area contributed by atoms with Gasteiger partial charge in [0.25, 0.3) is 0 Å². The van der Waals surface area contributed by atoms with Crippen LogP contribution in [0.25, 0.3) is 0 Å². The monoisotopic (exact) mass is 188 g/mol. The van der Waals surface area contributed by atoms with Crippen LogP contribution >= 0.6 is 0 Å². The van der Waals surface area contributed by atoms with Gasteiger partial charge in [0.1, 0.15) is 0 Å². The first kappa shape index (κ1) is 12.4. The van der Waals surface area contributed by atoms with Crippen molar-refractivity contribution in [2.24, 2.45) is 5.90 Å². The van der Waals surface area contributed by atoms with E-state index in [-0.39, 0.29) is 5.91 Å². The lowest BCUT2D eigenvalue weighted by Crippen LogP contribution is -2.24. The Morgan fingerprint density at radius 3 is 2.77 bits per heavy atom. The lowest BCUT2D eigenvalue weighted by molar-refractivity contribution is -0.121. The lowest BCUT2D eigenvalue weighted by atomic mass is 10.2. The lowest BCUT2D eigenvalue weighted by Gasteiger charge is -2.03. The van der Waals surface area contributed by atoms with Crippen molar-refractivity contribution in [1.82, 2.24) is 5.32 Å². The van der Waals surface area contributed by atoms with Gasteiger partial charge in [0.05, 0.1) is 6.61 Å². The molecule has 0 radical (unpaired) electrons. The molecule has 0 bridgehead atoms. The van der Waals surface area contributed by atoms with Crippen molar-refractivity contribution >= 4 is 5.91 Å². The van der Waals surface area contributed by atoms with Gasteiger partial charge in [-0.25, -0.2) is 5.90 Å². The molecule has 4 nitrogen and oxygen atoms in total. The highest BCUT2D eigenvalue weighted by Gasteiger charge is 1.98. The van der Waals surface area contributed by atoms with Crippen LogP contribution in [0.3, 0.4) is 0 Å². The van der Waals surface area contributed by atoms with Crippen molar-refractivity contribution in [3.63, 3.8) is 0 Å². The number of nitrogens with two attached hydrogens (primary N) is 1. The fourth-order valence-corrected chi connectivity index (χ4v) is 1.01. The predicted octanol–water partition coefficient (Wildman–Crippen LogP) is 0.963. The Labute approximate surface area is 79.8 Å². The van der Waals surface area contributed by atoms with E-state index in [2.05, 4.69) is 17.1 Å². The molecule has 0 atom stereocenters. The Hall–Kier alpha value is -0.610. The molecule has 0 saturated heterocycles. The quantitative estimate of drug-likeness (QED) is 0.440. The Morgan fingerprint density at radius 2 is 2.15 bits per heavy atom. The third-order valence-corrected chi connectivity index (χ3v) is 1.77. The summed E-state index contributed by atoms with van der Waals surface area (Å²) in [7, 11) is 0. The number of rotatable bonds is 8. The summed E-state index contributed by atoms with van der Waals surface area (Å²) >= 11 is 0. The van der Waals surface area contributed by atoms with Gasteiger partial charge in [-0.3, -0.25) is 4.79 Å². The number of carbonyl (C=O) groups is 1. The Balaban J connectivity index is 3.11. The first-order valence-electron chi connectivity index (χ1n) is 4.89. The molecule has 0 aromatic carbocycles. The largest absolute Gasteiger partial charge is 0.356 e. The van der Waals surface area contributed by atoms with Gasteiger partial charge < -0.3 is 10.2 Å². The number of nitrogens with one attached hydrogen (secondary N) is 1. The number of unbranched alkanes of at least 4 members (excludes halogenated alkanes) is 2. The van der Waals surface area contributed by atoms with Crippen molar-refractivity contribution in [1.29, 1.82) is 0 Å². The van der Waals surface area contributed by atoms with E-state index in [0.717, 1.165) is 13.0 Å². The molecule has 0 aromatic heterocycles. The van der Waals surface area contributed by atoms with Gasteiger partial charge in [0.2, 0.25) is 5.91 Å². The van der Waals surface area contributed by atoms with Gasteiger partial charge >= 0.3 is 0 Å². The van der Waals surface area contributed by atoms with Crippen LogP contribution in [0, 0.1) is 0 Å². The summed E-state index contributed by atoms with van der Waals surface area (Å²) in [5.41, 5.74) is 0. The van der Waals surface area contributed by atoms with Crippen molar-refractivity contribution in [2.45, 2.75) is 39.0 Å². The van der Waals surface area contributed by atoms with Crippen LogP contribution in [0.1, 0.15) is 39.0 Å². The SMILES string of the molecule is CCCCCNC(=O)CCCON. The molecule has 0 fully saturated rings. The molecule has 0 aliphatic heterocycles. The third-order valence-electron chi connectivity index (χ3n) is 1.77. The number of carbonyl (C=O) groups excluding carboxylic acids is 1. The molecule has 0 aliphatic carbocycles. The van der Waals surface area contributed by atoms with E-state index < -0.39 is 0 Å². The molecule has 4 heteroatoms. The number of hydrogen-bond acceptors (Lipinski definition) is 3. The maximum atomic E-state index is 11.1. The van der Waals surface area contributed by atoms with E-state index in [1.807, 2.05) is 0 Å². The molecule has 1 amide bonds. The van der Waals surface area contributed by atoms with E-state index >= 15 is 0 Å². The molecular formula is C9H20N2O2. The van der Waals surface area contributed by atoms with Crippen LogP contribution in [0.4, 0.5) is 0 Å². The molecule has 0 aromatic rings. The number of amides is 1. The second-order valence-electron chi connectivity index (χ2n) is 3.03. The zero-order valence-electron chi connectivity index (χ0n) is 8.34.